The monoisotopic (exact) mass is 211 g/mol. The molecule has 80 valence electrons. The van der Waals surface area contributed by atoms with Gasteiger partial charge in [-0.3, -0.25) is 0 Å². The first-order valence-electron chi connectivity index (χ1n) is 4.14. The molecule has 3 N–H and O–H groups in total. The van der Waals surface area contributed by atoms with Gasteiger partial charge in [0.2, 0.25) is 6.79 Å². The first-order valence-corrected chi connectivity index (χ1v) is 4.14. The van der Waals surface area contributed by atoms with Crippen LogP contribution in [-0.2, 0) is 4.74 Å². The Hall–Kier alpha value is -2.11. The minimum atomic E-state index is -0.721. The van der Waals surface area contributed by atoms with Crippen LogP contribution in [0.2, 0.25) is 0 Å². The highest BCUT2D eigenvalue weighted by Crippen LogP contribution is 2.44. The molecule has 0 radical (unpaired) electrons. The average Bonchev–Trinajstić information content (AvgIpc) is 2.66. The Balaban J connectivity index is 2.65. The zero-order valence-electron chi connectivity index (χ0n) is 7.94. The van der Waals surface area contributed by atoms with E-state index < -0.39 is 5.97 Å². The Kier molecular flexibility index (Phi) is 2.03. The number of rotatable bonds is 1. The van der Waals surface area contributed by atoms with Crippen molar-refractivity contribution in [1.29, 1.82) is 0 Å². The second kappa shape index (κ2) is 3.23. The highest BCUT2D eigenvalue weighted by atomic mass is 16.7. The van der Waals surface area contributed by atoms with E-state index in [1.54, 1.807) is 0 Å². The van der Waals surface area contributed by atoms with Gasteiger partial charge in [-0.05, 0) is 0 Å². The van der Waals surface area contributed by atoms with Gasteiger partial charge in [-0.25, -0.2) is 4.79 Å². The van der Waals surface area contributed by atoms with E-state index in [-0.39, 0.29) is 29.5 Å². The van der Waals surface area contributed by atoms with Crippen LogP contribution in [0.25, 0.3) is 0 Å². The zero-order chi connectivity index (χ0) is 11.0. The predicted molar refractivity (Wildman–Crippen MR) is 50.0 cm³/mol. The van der Waals surface area contributed by atoms with Gasteiger partial charge in [0.05, 0.1) is 12.8 Å². The average molecular weight is 211 g/mol. The van der Waals surface area contributed by atoms with E-state index in [4.69, 9.17) is 15.2 Å². The summed E-state index contributed by atoms with van der Waals surface area (Å²) >= 11 is 0. The number of benzene rings is 1. The zero-order valence-corrected chi connectivity index (χ0v) is 7.94. The van der Waals surface area contributed by atoms with E-state index in [9.17, 15) is 9.90 Å². The van der Waals surface area contributed by atoms with Gasteiger partial charge in [-0.2, -0.15) is 0 Å². The van der Waals surface area contributed by atoms with Crippen molar-refractivity contribution < 1.29 is 24.1 Å². The van der Waals surface area contributed by atoms with Crippen LogP contribution in [-0.4, -0.2) is 25.0 Å². The number of carbonyl (C=O) groups is 1. The molecule has 0 atom stereocenters. The summed E-state index contributed by atoms with van der Waals surface area (Å²) in [6, 6.07) is 1.39. The number of ether oxygens (including phenoxy) is 3. The standard InChI is InChI=1S/C9H9NO5/c1-13-9(12)6-7(11)4(10)2-5-8(6)15-3-14-5/h2,11H,3,10H2,1H3. The minimum absolute atomic E-state index is 0.0117. The van der Waals surface area contributed by atoms with E-state index in [2.05, 4.69) is 4.74 Å². The largest absolute Gasteiger partial charge is 0.505 e. The van der Waals surface area contributed by atoms with Crippen molar-refractivity contribution in [2.45, 2.75) is 0 Å². The highest BCUT2D eigenvalue weighted by Gasteiger charge is 2.28. The third-order valence-electron chi connectivity index (χ3n) is 2.05. The predicted octanol–water partition coefficient (Wildman–Crippen LogP) is 0.490. The summed E-state index contributed by atoms with van der Waals surface area (Å²) in [5, 5.41) is 9.60. The molecule has 0 aromatic heterocycles. The number of esters is 1. The normalized spacial score (nSPS) is 12.6. The lowest BCUT2D eigenvalue weighted by atomic mass is 10.1. The van der Waals surface area contributed by atoms with Crippen LogP contribution in [0.3, 0.4) is 0 Å². The fourth-order valence-electron chi connectivity index (χ4n) is 1.34. The topological polar surface area (TPSA) is 91.0 Å². The molecule has 6 heteroatoms. The first kappa shape index (κ1) is 9.45. The molecular formula is C9H9NO5. The summed E-state index contributed by atoms with van der Waals surface area (Å²) in [6.45, 7) is -0.0117. The molecule has 1 aliphatic heterocycles. The summed E-state index contributed by atoms with van der Waals surface area (Å²) in [7, 11) is 1.20. The lowest BCUT2D eigenvalue weighted by Gasteiger charge is -2.08. The lowest BCUT2D eigenvalue weighted by molar-refractivity contribution is 0.0592. The Morgan fingerprint density at radius 3 is 3.00 bits per heavy atom. The van der Waals surface area contributed by atoms with E-state index in [0.717, 1.165) is 0 Å². The summed E-state index contributed by atoms with van der Waals surface area (Å²) < 4.78 is 14.6. The second-order valence-electron chi connectivity index (χ2n) is 2.91. The molecule has 0 spiro atoms. The summed E-state index contributed by atoms with van der Waals surface area (Å²) in [4.78, 5) is 11.4. The van der Waals surface area contributed by atoms with Crippen molar-refractivity contribution in [2.75, 3.05) is 19.6 Å². The van der Waals surface area contributed by atoms with Crippen LogP contribution in [0.5, 0.6) is 17.2 Å². The van der Waals surface area contributed by atoms with Crippen LogP contribution in [0, 0.1) is 0 Å². The lowest BCUT2D eigenvalue weighted by Crippen LogP contribution is -2.05. The van der Waals surface area contributed by atoms with Gasteiger partial charge in [0.25, 0.3) is 0 Å². The van der Waals surface area contributed by atoms with E-state index in [1.807, 2.05) is 0 Å². The number of phenols is 1. The number of phenolic OH excluding ortho intramolecular Hbond substituents is 1. The molecule has 0 unspecified atom stereocenters. The van der Waals surface area contributed by atoms with Crippen LogP contribution in [0.15, 0.2) is 6.07 Å². The van der Waals surface area contributed by atoms with Crippen molar-refractivity contribution in [3.05, 3.63) is 11.6 Å². The Labute approximate surface area is 85.2 Å². The smallest absolute Gasteiger partial charge is 0.345 e. The number of nitrogen functional groups attached to an aromatic ring is 1. The molecular weight excluding hydrogens is 202 g/mol. The first-order chi connectivity index (χ1) is 7.15. The maximum Gasteiger partial charge on any atom is 0.345 e. The molecule has 1 aliphatic rings. The number of anilines is 1. The van der Waals surface area contributed by atoms with Crippen molar-refractivity contribution in [2.24, 2.45) is 0 Å². The summed E-state index contributed by atoms with van der Waals surface area (Å²) in [6.07, 6.45) is 0. The second-order valence-corrected chi connectivity index (χ2v) is 2.91. The molecule has 15 heavy (non-hydrogen) atoms. The van der Waals surface area contributed by atoms with Gasteiger partial charge in [0, 0.05) is 6.07 Å². The van der Waals surface area contributed by atoms with Gasteiger partial charge in [0.1, 0.15) is 5.56 Å². The van der Waals surface area contributed by atoms with Crippen molar-refractivity contribution in [1.82, 2.24) is 0 Å². The van der Waals surface area contributed by atoms with Gasteiger partial charge >= 0.3 is 5.97 Å². The number of hydrogen-bond acceptors (Lipinski definition) is 6. The molecule has 0 amide bonds. The van der Waals surface area contributed by atoms with E-state index in [0.29, 0.717) is 5.75 Å². The third-order valence-corrected chi connectivity index (χ3v) is 2.05. The number of aromatic hydroxyl groups is 1. The Morgan fingerprint density at radius 1 is 1.60 bits per heavy atom. The van der Waals surface area contributed by atoms with Crippen molar-refractivity contribution >= 4 is 11.7 Å². The molecule has 1 aromatic carbocycles. The molecule has 0 aliphatic carbocycles. The van der Waals surface area contributed by atoms with Gasteiger partial charge in [-0.15, -0.1) is 0 Å². The third kappa shape index (κ3) is 1.30. The molecule has 0 bridgehead atoms. The van der Waals surface area contributed by atoms with Crippen molar-refractivity contribution in [3.63, 3.8) is 0 Å². The van der Waals surface area contributed by atoms with Gasteiger partial charge in [0.15, 0.2) is 17.2 Å². The maximum absolute atomic E-state index is 11.4. The number of nitrogens with two attached hydrogens (primary N) is 1. The number of hydrogen-bond donors (Lipinski definition) is 2. The highest BCUT2D eigenvalue weighted by molar-refractivity contribution is 5.99. The Morgan fingerprint density at radius 2 is 2.33 bits per heavy atom. The van der Waals surface area contributed by atoms with Crippen LogP contribution in [0.1, 0.15) is 10.4 Å². The number of fused-ring (bicyclic) bond motifs is 1. The van der Waals surface area contributed by atoms with Crippen molar-refractivity contribution in [3.8, 4) is 17.2 Å². The van der Waals surface area contributed by atoms with E-state index in [1.165, 1.54) is 13.2 Å². The molecule has 1 heterocycles. The Bertz CT molecular complexity index is 429. The molecule has 0 saturated heterocycles. The fourth-order valence-corrected chi connectivity index (χ4v) is 1.34. The fraction of sp³-hybridized carbons (Fsp3) is 0.222. The summed E-state index contributed by atoms with van der Waals surface area (Å²) in [5.41, 5.74) is 5.43. The number of carbonyl (C=O) groups excluding carboxylic acids is 1. The minimum Gasteiger partial charge on any atom is -0.505 e. The van der Waals surface area contributed by atoms with Gasteiger partial charge in [-0.1, -0.05) is 0 Å². The van der Waals surface area contributed by atoms with Crippen LogP contribution < -0.4 is 15.2 Å². The molecule has 1 aromatic rings. The SMILES string of the molecule is COC(=O)c1c(O)c(N)cc2c1OCO2. The maximum atomic E-state index is 11.4. The molecule has 6 nitrogen and oxygen atoms in total. The van der Waals surface area contributed by atoms with Crippen LogP contribution in [0.4, 0.5) is 5.69 Å². The van der Waals surface area contributed by atoms with E-state index >= 15 is 0 Å². The molecule has 2 rings (SSSR count). The molecule has 0 fully saturated rings. The van der Waals surface area contributed by atoms with Gasteiger partial charge < -0.3 is 25.1 Å². The summed E-state index contributed by atoms with van der Waals surface area (Å²) in [5.74, 6) is -0.591. The number of methoxy groups -OCH3 is 1. The molecule has 0 saturated carbocycles. The van der Waals surface area contributed by atoms with Crippen LogP contribution >= 0.6 is 0 Å². The quantitative estimate of drug-likeness (QED) is 0.399.